The molecule has 0 atom stereocenters. The van der Waals surface area contributed by atoms with Crippen molar-refractivity contribution in [2.75, 3.05) is 0 Å². The molecular weight excluding hydrogens is 373 g/mol. The summed E-state index contributed by atoms with van der Waals surface area (Å²) in [5, 5.41) is 0. The van der Waals surface area contributed by atoms with Gasteiger partial charge in [0.05, 0.1) is 5.56 Å². The van der Waals surface area contributed by atoms with Crippen LogP contribution in [0.2, 0.25) is 0 Å². The summed E-state index contributed by atoms with van der Waals surface area (Å²) in [5.41, 5.74) is 2.03. The maximum Gasteiger partial charge on any atom is 0.427 e. The van der Waals surface area contributed by atoms with Crippen molar-refractivity contribution in [3.05, 3.63) is 52.8 Å². The zero-order chi connectivity index (χ0) is 20.6. The average Bonchev–Trinajstić information content (AvgIpc) is 2.71. The summed E-state index contributed by atoms with van der Waals surface area (Å²) in [7, 11) is 0. The van der Waals surface area contributed by atoms with E-state index in [1.165, 1.54) is 12.8 Å². The van der Waals surface area contributed by atoms with Crippen LogP contribution in [0.25, 0.3) is 11.1 Å². The molecule has 1 nitrogen and oxygen atoms in total. The van der Waals surface area contributed by atoms with Crippen LogP contribution in [-0.4, -0.2) is 0 Å². The summed E-state index contributed by atoms with van der Waals surface area (Å²) in [4.78, 5) is 0. The third-order valence-corrected chi connectivity index (χ3v) is 6.59. The van der Waals surface area contributed by atoms with Gasteiger partial charge in [-0.2, -0.15) is 8.78 Å². The van der Waals surface area contributed by atoms with Crippen LogP contribution < -0.4 is 4.74 Å². The second-order valence-electron chi connectivity index (χ2n) is 8.60. The van der Waals surface area contributed by atoms with Gasteiger partial charge in [-0.25, -0.2) is 4.39 Å². The van der Waals surface area contributed by atoms with Gasteiger partial charge in [0.15, 0.2) is 11.6 Å². The van der Waals surface area contributed by atoms with Crippen molar-refractivity contribution >= 4 is 0 Å². The monoisotopic (exact) mass is 402 g/mol. The fourth-order valence-corrected chi connectivity index (χ4v) is 5.04. The lowest BCUT2D eigenvalue weighted by Gasteiger charge is -2.32. The Kier molecular flexibility index (Phi) is 5.63. The number of alkyl halides is 2. The van der Waals surface area contributed by atoms with Crippen LogP contribution in [-0.2, 0) is 12.5 Å². The molecule has 1 heterocycles. The fraction of sp³-hybridized carbons (Fsp3) is 0.520. The van der Waals surface area contributed by atoms with Gasteiger partial charge in [-0.05, 0) is 66.7 Å². The Hall–Kier alpha value is -1.97. The summed E-state index contributed by atoms with van der Waals surface area (Å²) >= 11 is 0. The quantitative estimate of drug-likeness (QED) is 0.493. The second-order valence-corrected chi connectivity index (χ2v) is 8.60. The Morgan fingerprint density at radius 1 is 0.966 bits per heavy atom. The lowest BCUT2D eigenvalue weighted by atomic mass is 9.76. The van der Waals surface area contributed by atoms with Crippen molar-refractivity contribution in [1.82, 2.24) is 0 Å². The summed E-state index contributed by atoms with van der Waals surface area (Å²) in [6.07, 6.45) is 4.59. The minimum absolute atomic E-state index is 0.138. The van der Waals surface area contributed by atoms with Gasteiger partial charge in [-0.15, -0.1) is 0 Å². The van der Waals surface area contributed by atoms with Gasteiger partial charge in [0.2, 0.25) is 0 Å². The molecular formula is C25H29F3O. The van der Waals surface area contributed by atoms with Crippen molar-refractivity contribution in [2.24, 2.45) is 5.92 Å². The average molecular weight is 403 g/mol. The molecule has 0 saturated heterocycles. The molecule has 156 valence electrons. The predicted octanol–water partition coefficient (Wildman–Crippen LogP) is 7.96. The van der Waals surface area contributed by atoms with E-state index in [0.717, 1.165) is 43.6 Å². The molecule has 0 radical (unpaired) electrons. The SMILES string of the molecule is CCCc1ccc2c(c1F)OC(F)(F)c1cc(C3CCC(CCC)CC3)ccc1-2. The normalized spacial score (nSPS) is 22.5. The number of aryl methyl sites for hydroxylation is 1. The van der Waals surface area contributed by atoms with Crippen LogP contribution in [0, 0.1) is 11.7 Å². The molecule has 1 fully saturated rings. The lowest BCUT2D eigenvalue weighted by molar-refractivity contribution is -0.188. The number of hydrogen-bond acceptors (Lipinski definition) is 1. The van der Waals surface area contributed by atoms with Crippen molar-refractivity contribution in [2.45, 2.75) is 77.2 Å². The molecule has 0 spiro atoms. The number of halogens is 3. The molecule has 0 bridgehead atoms. The first-order valence-electron chi connectivity index (χ1n) is 11.0. The summed E-state index contributed by atoms with van der Waals surface area (Å²) < 4.78 is 49.5. The minimum atomic E-state index is -3.52. The Morgan fingerprint density at radius 2 is 1.69 bits per heavy atom. The number of ether oxygens (including phenoxy) is 1. The Morgan fingerprint density at radius 3 is 2.38 bits per heavy atom. The second kappa shape index (κ2) is 8.04. The van der Waals surface area contributed by atoms with E-state index in [9.17, 15) is 13.2 Å². The minimum Gasteiger partial charge on any atom is -0.425 e. The molecule has 2 aromatic rings. The van der Waals surface area contributed by atoms with Gasteiger partial charge >= 0.3 is 6.11 Å². The fourth-order valence-electron chi connectivity index (χ4n) is 5.04. The van der Waals surface area contributed by atoms with E-state index in [2.05, 4.69) is 6.92 Å². The first-order valence-corrected chi connectivity index (χ1v) is 11.0. The molecule has 0 N–H and O–H groups in total. The van der Waals surface area contributed by atoms with Crippen molar-refractivity contribution < 1.29 is 17.9 Å². The molecule has 1 saturated carbocycles. The van der Waals surface area contributed by atoms with Crippen molar-refractivity contribution in [3.8, 4) is 16.9 Å². The summed E-state index contributed by atoms with van der Waals surface area (Å²) in [6, 6.07) is 8.69. The number of hydrogen-bond donors (Lipinski definition) is 0. The van der Waals surface area contributed by atoms with Gasteiger partial charge < -0.3 is 4.74 Å². The molecule has 1 aliphatic carbocycles. The highest BCUT2D eigenvalue weighted by Crippen LogP contribution is 2.50. The first-order chi connectivity index (χ1) is 13.9. The molecule has 2 aromatic carbocycles. The maximum atomic E-state index is 14.9. The molecule has 1 aliphatic heterocycles. The lowest BCUT2D eigenvalue weighted by Crippen LogP contribution is -2.28. The van der Waals surface area contributed by atoms with Crippen molar-refractivity contribution in [1.29, 1.82) is 0 Å². The molecule has 0 amide bonds. The molecule has 4 heteroatoms. The van der Waals surface area contributed by atoms with E-state index < -0.39 is 11.9 Å². The molecule has 29 heavy (non-hydrogen) atoms. The van der Waals surface area contributed by atoms with Gasteiger partial charge in [0.1, 0.15) is 0 Å². The van der Waals surface area contributed by atoms with E-state index in [4.69, 9.17) is 4.74 Å². The van der Waals surface area contributed by atoms with Crippen LogP contribution >= 0.6 is 0 Å². The topological polar surface area (TPSA) is 9.23 Å². The van der Waals surface area contributed by atoms with Crippen LogP contribution in [0.3, 0.4) is 0 Å². The highest BCUT2D eigenvalue weighted by Gasteiger charge is 2.43. The third kappa shape index (κ3) is 3.78. The number of rotatable bonds is 5. The number of fused-ring (bicyclic) bond motifs is 3. The van der Waals surface area contributed by atoms with Gasteiger partial charge in [-0.3, -0.25) is 0 Å². The standard InChI is InChI=1S/C25H29F3O/c1-3-5-16-7-9-17(10-8-16)19-12-13-20-21-14-11-18(6-4-2)23(26)24(21)29-25(27,28)22(20)15-19/h11-17H,3-10H2,1-2H3. The largest absolute Gasteiger partial charge is 0.427 e. The highest BCUT2D eigenvalue weighted by molar-refractivity contribution is 5.77. The molecule has 0 unspecified atom stereocenters. The predicted molar refractivity (Wildman–Crippen MR) is 110 cm³/mol. The van der Waals surface area contributed by atoms with E-state index in [1.54, 1.807) is 24.3 Å². The first kappa shape index (κ1) is 20.3. The van der Waals surface area contributed by atoms with E-state index in [1.807, 2.05) is 13.0 Å². The van der Waals surface area contributed by atoms with Crippen LogP contribution in [0.1, 0.15) is 81.4 Å². The van der Waals surface area contributed by atoms with Crippen LogP contribution in [0.4, 0.5) is 13.2 Å². The number of benzene rings is 2. The molecule has 2 aliphatic rings. The Labute approximate surface area is 171 Å². The summed E-state index contributed by atoms with van der Waals surface area (Å²) in [5.74, 6) is 0.106. The van der Waals surface area contributed by atoms with Gasteiger partial charge in [-0.1, -0.05) is 57.4 Å². The Bertz CT molecular complexity index is 882. The molecule has 4 rings (SSSR count). The smallest absolute Gasteiger partial charge is 0.425 e. The van der Waals surface area contributed by atoms with Crippen LogP contribution in [0.5, 0.6) is 5.75 Å². The summed E-state index contributed by atoms with van der Waals surface area (Å²) in [6.45, 7) is 4.14. The van der Waals surface area contributed by atoms with Gasteiger partial charge in [0, 0.05) is 5.56 Å². The van der Waals surface area contributed by atoms with E-state index in [-0.39, 0.29) is 11.3 Å². The Balaban J connectivity index is 1.67. The van der Waals surface area contributed by atoms with E-state index >= 15 is 0 Å². The van der Waals surface area contributed by atoms with E-state index in [0.29, 0.717) is 29.0 Å². The highest BCUT2D eigenvalue weighted by atomic mass is 19.3. The van der Waals surface area contributed by atoms with Crippen LogP contribution in [0.15, 0.2) is 30.3 Å². The van der Waals surface area contributed by atoms with Crippen molar-refractivity contribution in [3.63, 3.8) is 0 Å². The molecule has 0 aromatic heterocycles. The van der Waals surface area contributed by atoms with Gasteiger partial charge in [0.25, 0.3) is 0 Å². The maximum absolute atomic E-state index is 14.9. The zero-order valence-corrected chi connectivity index (χ0v) is 17.2. The third-order valence-electron chi connectivity index (χ3n) is 6.59. The zero-order valence-electron chi connectivity index (χ0n) is 17.2.